The summed E-state index contributed by atoms with van der Waals surface area (Å²) >= 11 is 3.40. The van der Waals surface area contributed by atoms with Crippen molar-refractivity contribution >= 4 is 15.9 Å². The Hall–Kier alpha value is -1.39. The van der Waals surface area contributed by atoms with Crippen LogP contribution in [0.5, 0.6) is 5.75 Å². The third kappa shape index (κ3) is 3.31. The Balaban J connectivity index is 2.01. The Bertz CT molecular complexity index is 516. The molecule has 0 saturated carbocycles. The molecule has 3 nitrogen and oxygen atoms in total. The zero-order valence-electron chi connectivity index (χ0n) is 10.1. The fraction of sp³-hybridized carbons (Fsp3) is 0.214. The van der Waals surface area contributed by atoms with Gasteiger partial charge in [0, 0.05) is 35.0 Å². The first-order valence-electron chi connectivity index (χ1n) is 5.77. The molecule has 0 saturated heterocycles. The van der Waals surface area contributed by atoms with Crippen LogP contribution in [0, 0.1) is 0 Å². The summed E-state index contributed by atoms with van der Waals surface area (Å²) in [7, 11) is 0. The van der Waals surface area contributed by atoms with Gasteiger partial charge in [0.05, 0.1) is 0 Å². The number of aromatic nitrogens is 1. The lowest BCUT2D eigenvalue weighted by Gasteiger charge is -2.14. The second-order valence-electron chi connectivity index (χ2n) is 4.16. The van der Waals surface area contributed by atoms with E-state index in [2.05, 4.69) is 33.2 Å². The standard InChI is InChI=1S/C14H15BrN2O/c1-10(11-4-6-16-7-5-11)17-9-12-8-13(15)2-3-14(12)18/h2-8,10,17-18H,9H2,1H3/t10-/m0/s1. The fourth-order valence-corrected chi connectivity index (χ4v) is 2.14. The number of aromatic hydroxyl groups is 1. The molecule has 18 heavy (non-hydrogen) atoms. The smallest absolute Gasteiger partial charge is 0.120 e. The highest BCUT2D eigenvalue weighted by Crippen LogP contribution is 2.22. The van der Waals surface area contributed by atoms with Crippen molar-refractivity contribution < 1.29 is 5.11 Å². The van der Waals surface area contributed by atoms with Crippen LogP contribution in [0.3, 0.4) is 0 Å². The van der Waals surface area contributed by atoms with Crippen LogP contribution < -0.4 is 5.32 Å². The number of hydrogen-bond donors (Lipinski definition) is 2. The summed E-state index contributed by atoms with van der Waals surface area (Å²) in [6.45, 7) is 2.71. The maximum atomic E-state index is 9.75. The first-order chi connectivity index (χ1) is 8.66. The van der Waals surface area contributed by atoms with Gasteiger partial charge in [-0.15, -0.1) is 0 Å². The molecule has 0 unspecified atom stereocenters. The molecule has 0 aliphatic rings. The van der Waals surface area contributed by atoms with E-state index in [9.17, 15) is 5.11 Å². The lowest BCUT2D eigenvalue weighted by Crippen LogP contribution is -2.18. The normalized spacial score (nSPS) is 12.3. The predicted octanol–water partition coefficient (Wildman–Crippen LogP) is 3.40. The van der Waals surface area contributed by atoms with Gasteiger partial charge in [-0.2, -0.15) is 0 Å². The Morgan fingerprint density at radius 3 is 2.72 bits per heavy atom. The largest absolute Gasteiger partial charge is 0.508 e. The van der Waals surface area contributed by atoms with Gasteiger partial charge >= 0.3 is 0 Å². The van der Waals surface area contributed by atoms with E-state index in [1.54, 1.807) is 18.5 Å². The second kappa shape index (κ2) is 5.98. The number of rotatable bonds is 4. The number of halogens is 1. The van der Waals surface area contributed by atoms with Gasteiger partial charge in [-0.05, 0) is 42.8 Å². The maximum Gasteiger partial charge on any atom is 0.120 e. The molecular formula is C14H15BrN2O. The maximum absolute atomic E-state index is 9.75. The zero-order chi connectivity index (χ0) is 13.0. The summed E-state index contributed by atoms with van der Waals surface area (Å²) in [5.74, 6) is 0.313. The van der Waals surface area contributed by atoms with E-state index in [1.165, 1.54) is 5.56 Å². The minimum atomic E-state index is 0.214. The molecule has 1 aromatic carbocycles. The summed E-state index contributed by atoms with van der Waals surface area (Å²) in [4.78, 5) is 4.00. The number of phenols is 1. The molecule has 2 rings (SSSR count). The first-order valence-corrected chi connectivity index (χ1v) is 6.57. The van der Waals surface area contributed by atoms with Gasteiger partial charge in [-0.3, -0.25) is 4.98 Å². The van der Waals surface area contributed by atoms with Crippen LogP contribution in [0.15, 0.2) is 47.2 Å². The SMILES string of the molecule is C[C@H](NCc1cc(Br)ccc1O)c1ccncc1. The predicted molar refractivity (Wildman–Crippen MR) is 75.3 cm³/mol. The third-order valence-corrected chi connectivity index (χ3v) is 3.34. The average molecular weight is 307 g/mol. The van der Waals surface area contributed by atoms with Gasteiger partial charge in [-0.25, -0.2) is 0 Å². The average Bonchev–Trinajstić information content (AvgIpc) is 2.40. The van der Waals surface area contributed by atoms with Gasteiger partial charge in [0.15, 0.2) is 0 Å². The lowest BCUT2D eigenvalue weighted by atomic mass is 10.1. The Kier molecular flexibility index (Phi) is 4.33. The molecule has 94 valence electrons. The van der Waals surface area contributed by atoms with Gasteiger partial charge in [-0.1, -0.05) is 15.9 Å². The number of phenolic OH excluding ortho intramolecular Hbond substituents is 1. The second-order valence-corrected chi connectivity index (χ2v) is 5.07. The highest BCUT2D eigenvalue weighted by Gasteiger charge is 2.06. The van der Waals surface area contributed by atoms with Crippen molar-refractivity contribution in [3.63, 3.8) is 0 Å². The van der Waals surface area contributed by atoms with Crippen LogP contribution in [0.4, 0.5) is 0 Å². The van der Waals surface area contributed by atoms with Gasteiger partial charge < -0.3 is 10.4 Å². The van der Waals surface area contributed by atoms with Crippen molar-refractivity contribution in [2.24, 2.45) is 0 Å². The Morgan fingerprint density at radius 2 is 2.00 bits per heavy atom. The molecule has 0 fully saturated rings. The molecule has 2 N–H and O–H groups in total. The molecule has 1 heterocycles. The highest BCUT2D eigenvalue weighted by atomic mass is 79.9. The molecular weight excluding hydrogens is 292 g/mol. The topological polar surface area (TPSA) is 45.1 Å². The number of nitrogens with one attached hydrogen (secondary N) is 1. The van der Waals surface area contributed by atoms with Gasteiger partial charge in [0.25, 0.3) is 0 Å². The van der Waals surface area contributed by atoms with E-state index in [4.69, 9.17) is 0 Å². The van der Waals surface area contributed by atoms with E-state index >= 15 is 0 Å². The molecule has 0 aliphatic heterocycles. The fourth-order valence-electron chi connectivity index (χ4n) is 1.73. The van der Waals surface area contributed by atoms with E-state index in [0.29, 0.717) is 12.3 Å². The van der Waals surface area contributed by atoms with Crippen LogP contribution in [0.1, 0.15) is 24.1 Å². The van der Waals surface area contributed by atoms with E-state index in [0.717, 1.165) is 10.0 Å². The molecule has 1 atom stereocenters. The summed E-state index contributed by atoms with van der Waals surface area (Å²) in [6, 6.07) is 9.62. The van der Waals surface area contributed by atoms with Crippen molar-refractivity contribution in [1.82, 2.24) is 10.3 Å². The summed E-state index contributed by atoms with van der Waals surface area (Å²) in [6.07, 6.45) is 3.56. The molecule has 0 spiro atoms. The van der Waals surface area contributed by atoms with Crippen molar-refractivity contribution in [2.45, 2.75) is 19.5 Å². The van der Waals surface area contributed by atoms with Crippen molar-refractivity contribution in [1.29, 1.82) is 0 Å². The van der Waals surface area contributed by atoms with Crippen LogP contribution >= 0.6 is 15.9 Å². The first kappa shape index (κ1) is 13.1. The van der Waals surface area contributed by atoms with E-state index in [1.807, 2.05) is 24.3 Å². The van der Waals surface area contributed by atoms with Crippen LogP contribution in [-0.2, 0) is 6.54 Å². The minimum absolute atomic E-state index is 0.214. The summed E-state index contributed by atoms with van der Waals surface area (Å²) < 4.78 is 0.966. The molecule has 0 radical (unpaired) electrons. The monoisotopic (exact) mass is 306 g/mol. The summed E-state index contributed by atoms with van der Waals surface area (Å²) in [5, 5.41) is 13.1. The van der Waals surface area contributed by atoms with Crippen molar-refractivity contribution in [3.05, 3.63) is 58.3 Å². The molecule has 0 aliphatic carbocycles. The van der Waals surface area contributed by atoms with Crippen LogP contribution in [0.25, 0.3) is 0 Å². The van der Waals surface area contributed by atoms with Crippen molar-refractivity contribution in [3.8, 4) is 5.75 Å². The number of hydrogen-bond acceptors (Lipinski definition) is 3. The third-order valence-electron chi connectivity index (χ3n) is 2.85. The molecule has 0 bridgehead atoms. The lowest BCUT2D eigenvalue weighted by molar-refractivity contribution is 0.460. The highest BCUT2D eigenvalue weighted by molar-refractivity contribution is 9.10. The molecule has 1 aromatic heterocycles. The number of nitrogens with zero attached hydrogens (tertiary/aromatic N) is 1. The van der Waals surface area contributed by atoms with Crippen LogP contribution in [0.2, 0.25) is 0 Å². The quantitative estimate of drug-likeness (QED) is 0.910. The van der Waals surface area contributed by atoms with Crippen molar-refractivity contribution in [2.75, 3.05) is 0 Å². The number of pyridine rings is 1. The molecule has 0 amide bonds. The van der Waals surface area contributed by atoms with E-state index < -0.39 is 0 Å². The van der Waals surface area contributed by atoms with E-state index in [-0.39, 0.29) is 6.04 Å². The van der Waals surface area contributed by atoms with Gasteiger partial charge in [0.1, 0.15) is 5.75 Å². The Morgan fingerprint density at radius 1 is 1.28 bits per heavy atom. The molecule has 4 heteroatoms. The summed E-state index contributed by atoms with van der Waals surface area (Å²) in [5.41, 5.74) is 2.06. The minimum Gasteiger partial charge on any atom is -0.508 e. The van der Waals surface area contributed by atoms with Gasteiger partial charge in [0.2, 0.25) is 0 Å². The molecule has 2 aromatic rings. The Labute approximate surface area is 115 Å². The number of benzene rings is 1. The van der Waals surface area contributed by atoms with Crippen LogP contribution in [-0.4, -0.2) is 10.1 Å². The zero-order valence-corrected chi connectivity index (χ0v) is 11.7.